The van der Waals surface area contributed by atoms with E-state index in [0.29, 0.717) is 6.04 Å². The van der Waals surface area contributed by atoms with E-state index < -0.39 is 0 Å². The molecule has 5 rings (SSSR count). The highest BCUT2D eigenvalue weighted by molar-refractivity contribution is 7.09. The van der Waals surface area contributed by atoms with Gasteiger partial charge in [-0.05, 0) is 50.4 Å². The largest absolute Gasteiger partial charge is 0.302 e. The summed E-state index contributed by atoms with van der Waals surface area (Å²) in [4.78, 5) is 14.3. The molecule has 23 heavy (non-hydrogen) atoms. The van der Waals surface area contributed by atoms with Crippen LogP contribution in [0, 0.1) is 12.8 Å². The Morgan fingerprint density at radius 2 is 2.17 bits per heavy atom. The normalized spacial score (nSPS) is 26.8. The van der Waals surface area contributed by atoms with Gasteiger partial charge in [-0.15, -0.1) is 11.3 Å². The molecule has 0 N–H and O–H groups in total. The Labute approximate surface area is 142 Å². The van der Waals surface area contributed by atoms with Gasteiger partial charge >= 0.3 is 0 Å². The van der Waals surface area contributed by atoms with Crippen LogP contribution in [-0.4, -0.2) is 45.4 Å². The summed E-state index contributed by atoms with van der Waals surface area (Å²) in [5.41, 5.74) is 2.52. The number of fused-ring (bicyclic) bond motifs is 3. The summed E-state index contributed by atoms with van der Waals surface area (Å²) in [6, 6.07) is 4.88. The van der Waals surface area contributed by atoms with Gasteiger partial charge < -0.3 is 4.90 Å². The molecule has 3 aliphatic heterocycles. The number of hydrogen-bond donors (Lipinski definition) is 0. The second kappa shape index (κ2) is 6.67. The molecule has 0 radical (unpaired) electrons. The maximum absolute atomic E-state index is 4.70. The summed E-state index contributed by atoms with van der Waals surface area (Å²) in [6.07, 6.45) is 6.56. The van der Waals surface area contributed by atoms with Crippen LogP contribution in [0.25, 0.3) is 0 Å². The van der Waals surface area contributed by atoms with Gasteiger partial charge in [0.15, 0.2) is 0 Å². The summed E-state index contributed by atoms with van der Waals surface area (Å²) >= 11 is 1.75. The molecule has 0 unspecified atom stereocenters. The topological polar surface area (TPSA) is 32.3 Å². The third-order valence-electron chi connectivity index (χ3n) is 5.23. The molecule has 122 valence electrons. The number of hydrogen-bond acceptors (Lipinski definition) is 5. The van der Waals surface area contributed by atoms with E-state index in [0.717, 1.165) is 24.0 Å². The first-order valence-electron chi connectivity index (χ1n) is 8.54. The van der Waals surface area contributed by atoms with Crippen LogP contribution in [0.3, 0.4) is 0 Å². The van der Waals surface area contributed by atoms with Crippen molar-refractivity contribution in [2.45, 2.75) is 38.9 Å². The maximum Gasteiger partial charge on any atom is 0.0897 e. The van der Waals surface area contributed by atoms with Crippen LogP contribution in [0.15, 0.2) is 29.9 Å². The quantitative estimate of drug-likeness (QED) is 0.845. The molecular formula is C18H24N4S. The molecule has 1 atom stereocenters. The van der Waals surface area contributed by atoms with Crippen molar-refractivity contribution in [3.05, 3.63) is 46.2 Å². The van der Waals surface area contributed by atoms with E-state index in [1.54, 1.807) is 11.3 Å². The van der Waals surface area contributed by atoms with Crippen LogP contribution in [0.2, 0.25) is 0 Å². The van der Waals surface area contributed by atoms with Gasteiger partial charge in [0.05, 0.1) is 10.7 Å². The van der Waals surface area contributed by atoms with Crippen LogP contribution >= 0.6 is 11.3 Å². The fourth-order valence-corrected chi connectivity index (χ4v) is 4.66. The van der Waals surface area contributed by atoms with Gasteiger partial charge in [0.2, 0.25) is 0 Å². The molecule has 3 fully saturated rings. The van der Waals surface area contributed by atoms with Crippen molar-refractivity contribution in [1.29, 1.82) is 0 Å². The molecule has 0 amide bonds. The molecule has 5 heteroatoms. The Morgan fingerprint density at radius 1 is 1.30 bits per heavy atom. The molecule has 4 nitrogen and oxygen atoms in total. The number of pyridine rings is 1. The highest BCUT2D eigenvalue weighted by Gasteiger charge is 2.37. The number of aryl methyl sites for hydroxylation is 1. The zero-order valence-electron chi connectivity index (χ0n) is 13.7. The third-order valence-corrected chi connectivity index (χ3v) is 6.05. The predicted octanol–water partition coefficient (Wildman–Crippen LogP) is 2.94. The summed E-state index contributed by atoms with van der Waals surface area (Å²) < 4.78 is 0. The second-order valence-corrected chi connectivity index (χ2v) is 7.89. The van der Waals surface area contributed by atoms with Crippen molar-refractivity contribution in [3.63, 3.8) is 0 Å². The van der Waals surface area contributed by atoms with Crippen molar-refractivity contribution in [3.8, 4) is 0 Å². The highest BCUT2D eigenvalue weighted by Crippen LogP contribution is 2.32. The monoisotopic (exact) mass is 328 g/mol. The van der Waals surface area contributed by atoms with Crippen LogP contribution in [0.1, 0.15) is 29.1 Å². The lowest BCUT2D eigenvalue weighted by atomic mass is 9.83. The summed E-state index contributed by atoms with van der Waals surface area (Å²) in [7, 11) is 0. The number of rotatable bonds is 5. The van der Waals surface area contributed by atoms with E-state index in [1.165, 1.54) is 43.7 Å². The van der Waals surface area contributed by atoms with E-state index in [1.807, 2.05) is 18.5 Å². The number of aromatic nitrogens is 2. The Balaban J connectivity index is 1.55. The van der Waals surface area contributed by atoms with Gasteiger partial charge in [0, 0.05) is 43.4 Å². The first-order valence-corrected chi connectivity index (χ1v) is 9.42. The van der Waals surface area contributed by atoms with Crippen LogP contribution in [0.5, 0.6) is 0 Å². The van der Waals surface area contributed by atoms with E-state index in [4.69, 9.17) is 4.98 Å². The fourth-order valence-electron chi connectivity index (χ4n) is 4.05. The molecule has 0 aliphatic carbocycles. The van der Waals surface area contributed by atoms with Gasteiger partial charge in [0.25, 0.3) is 0 Å². The second-order valence-electron chi connectivity index (χ2n) is 6.83. The van der Waals surface area contributed by atoms with E-state index in [2.05, 4.69) is 33.2 Å². The Hall–Kier alpha value is -1.30. The first-order chi connectivity index (χ1) is 11.3. The molecule has 2 bridgehead atoms. The lowest BCUT2D eigenvalue weighted by Crippen LogP contribution is -2.56. The average molecular weight is 328 g/mol. The minimum absolute atomic E-state index is 0.653. The minimum Gasteiger partial charge on any atom is -0.302 e. The molecule has 0 spiro atoms. The molecule has 3 aliphatic rings. The van der Waals surface area contributed by atoms with Gasteiger partial charge in [-0.3, -0.25) is 9.88 Å². The van der Waals surface area contributed by atoms with Gasteiger partial charge in [-0.25, -0.2) is 4.98 Å². The van der Waals surface area contributed by atoms with Crippen LogP contribution in [-0.2, 0) is 13.1 Å². The molecule has 2 aromatic rings. The van der Waals surface area contributed by atoms with Crippen LogP contribution < -0.4 is 0 Å². The third kappa shape index (κ3) is 3.47. The number of piperidine rings is 3. The zero-order valence-corrected chi connectivity index (χ0v) is 14.5. The van der Waals surface area contributed by atoms with Crippen molar-refractivity contribution in [2.75, 3.05) is 19.6 Å². The van der Waals surface area contributed by atoms with E-state index >= 15 is 0 Å². The van der Waals surface area contributed by atoms with Crippen molar-refractivity contribution in [2.24, 2.45) is 5.92 Å². The van der Waals surface area contributed by atoms with Gasteiger partial charge in [0.1, 0.15) is 0 Å². The zero-order chi connectivity index (χ0) is 15.6. The number of thiazole rings is 1. The predicted molar refractivity (Wildman–Crippen MR) is 93.3 cm³/mol. The van der Waals surface area contributed by atoms with E-state index in [9.17, 15) is 0 Å². The molecule has 3 saturated heterocycles. The van der Waals surface area contributed by atoms with Crippen LogP contribution in [0.4, 0.5) is 0 Å². The lowest BCUT2D eigenvalue weighted by molar-refractivity contribution is -0.00309. The highest BCUT2D eigenvalue weighted by atomic mass is 32.1. The standard InChI is InChI=1S/C18H24N4S/c1-14-20-17(13-23-14)11-22(10-15-3-2-6-19-9-15)18-12-21-7-4-16(18)5-8-21/h2-3,6,9,13,16,18H,4-5,7-8,10-12H2,1H3/t18-/m0/s1. The molecular weight excluding hydrogens is 304 g/mol. The Kier molecular flexibility index (Phi) is 4.42. The van der Waals surface area contributed by atoms with Crippen molar-refractivity contribution < 1.29 is 0 Å². The molecule has 0 saturated carbocycles. The minimum atomic E-state index is 0.653. The SMILES string of the molecule is Cc1nc(CN(Cc2cccnc2)[C@H]2CN3CCC2CC3)cs1. The molecule has 5 heterocycles. The lowest BCUT2D eigenvalue weighted by Gasteiger charge is -2.49. The number of nitrogens with zero attached hydrogens (tertiary/aromatic N) is 4. The fraction of sp³-hybridized carbons (Fsp3) is 0.556. The summed E-state index contributed by atoms with van der Waals surface area (Å²) in [5.74, 6) is 0.844. The molecule has 2 aromatic heterocycles. The van der Waals surface area contributed by atoms with Gasteiger partial charge in [-0.2, -0.15) is 0 Å². The van der Waals surface area contributed by atoms with Crippen molar-refractivity contribution in [1.82, 2.24) is 19.8 Å². The first kappa shape index (κ1) is 15.2. The summed E-state index contributed by atoms with van der Waals surface area (Å²) in [6.45, 7) is 7.81. The maximum atomic E-state index is 4.70. The van der Waals surface area contributed by atoms with Crippen molar-refractivity contribution >= 4 is 11.3 Å². The van der Waals surface area contributed by atoms with Gasteiger partial charge in [-0.1, -0.05) is 6.07 Å². The smallest absolute Gasteiger partial charge is 0.0897 e. The Morgan fingerprint density at radius 3 is 2.78 bits per heavy atom. The van der Waals surface area contributed by atoms with E-state index in [-0.39, 0.29) is 0 Å². The average Bonchev–Trinajstić information content (AvgIpc) is 3.01. The molecule has 0 aromatic carbocycles. The Bertz CT molecular complexity index is 633. The summed E-state index contributed by atoms with van der Waals surface area (Å²) in [5, 5.41) is 3.38.